The van der Waals surface area contributed by atoms with Gasteiger partial charge in [-0.05, 0) is 24.3 Å². The van der Waals surface area contributed by atoms with Crippen molar-refractivity contribution in [1.29, 1.82) is 5.26 Å². The summed E-state index contributed by atoms with van der Waals surface area (Å²) in [5.41, 5.74) is 2.75. The minimum atomic E-state index is 0.709. The molecule has 1 aromatic heterocycles. The van der Waals surface area contributed by atoms with E-state index in [2.05, 4.69) is 16.0 Å². The van der Waals surface area contributed by atoms with Crippen LogP contribution in [0.2, 0.25) is 0 Å². The lowest BCUT2D eigenvalue weighted by Crippen LogP contribution is -2.21. The number of likely N-dealkylation sites (N-methyl/N-ethyl adjacent to an activating group) is 1. The first-order valence-corrected chi connectivity index (χ1v) is 5.91. The maximum absolute atomic E-state index is 9.06. The smallest absolute Gasteiger partial charge is 0.101 e. The summed E-state index contributed by atoms with van der Waals surface area (Å²) in [6.45, 7) is 0.843. The van der Waals surface area contributed by atoms with E-state index in [0.717, 1.165) is 24.3 Å². The van der Waals surface area contributed by atoms with Crippen LogP contribution in [0.3, 0.4) is 0 Å². The highest BCUT2D eigenvalue weighted by Gasteiger charge is 2.06. The standard InChI is InChI=1S/C15H15N3/c1-18(11-9-14-7-4-5-10-17-14)15-8-3-2-6-13(15)12-16/h2-8,10H,9,11H2,1H3. The van der Waals surface area contributed by atoms with Crippen molar-refractivity contribution in [3.8, 4) is 6.07 Å². The average molecular weight is 237 g/mol. The quantitative estimate of drug-likeness (QED) is 0.820. The van der Waals surface area contributed by atoms with Crippen LogP contribution in [-0.4, -0.2) is 18.6 Å². The Bertz CT molecular complexity index is 543. The molecule has 0 unspecified atom stereocenters. The molecule has 0 bridgehead atoms. The van der Waals surface area contributed by atoms with Crippen molar-refractivity contribution in [3.05, 3.63) is 59.9 Å². The molecule has 3 heteroatoms. The summed E-state index contributed by atoms with van der Waals surface area (Å²) in [5, 5.41) is 9.06. The molecular weight excluding hydrogens is 222 g/mol. The van der Waals surface area contributed by atoms with Crippen molar-refractivity contribution in [1.82, 2.24) is 4.98 Å². The molecule has 1 aromatic carbocycles. The first-order chi connectivity index (χ1) is 8.81. The number of benzene rings is 1. The molecule has 0 fully saturated rings. The van der Waals surface area contributed by atoms with Crippen molar-refractivity contribution in [2.24, 2.45) is 0 Å². The molecule has 0 saturated heterocycles. The van der Waals surface area contributed by atoms with Gasteiger partial charge in [0.25, 0.3) is 0 Å². The van der Waals surface area contributed by atoms with Gasteiger partial charge >= 0.3 is 0 Å². The van der Waals surface area contributed by atoms with Crippen LogP contribution in [0.1, 0.15) is 11.3 Å². The van der Waals surface area contributed by atoms with Gasteiger partial charge in [-0.1, -0.05) is 18.2 Å². The summed E-state index contributed by atoms with van der Waals surface area (Å²) in [5.74, 6) is 0. The molecule has 2 aromatic rings. The topological polar surface area (TPSA) is 39.9 Å². The summed E-state index contributed by atoms with van der Waals surface area (Å²) in [6.07, 6.45) is 2.68. The fraction of sp³-hybridized carbons (Fsp3) is 0.200. The summed E-state index contributed by atoms with van der Waals surface area (Å²) < 4.78 is 0. The number of pyridine rings is 1. The van der Waals surface area contributed by atoms with Gasteiger partial charge in [-0.15, -0.1) is 0 Å². The lowest BCUT2D eigenvalue weighted by Gasteiger charge is -2.20. The predicted octanol–water partition coefficient (Wildman–Crippen LogP) is 2.63. The van der Waals surface area contributed by atoms with Crippen molar-refractivity contribution in [3.63, 3.8) is 0 Å². The highest BCUT2D eigenvalue weighted by Crippen LogP contribution is 2.18. The Morgan fingerprint density at radius 2 is 1.94 bits per heavy atom. The van der Waals surface area contributed by atoms with Crippen LogP contribution in [0.15, 0.2) is 48.7 Å². The predicted molar refractivity (Wildman–Crippen MR) is 72.4 cm³/mol. The normalized spacial score (nSPS) is 9.78. The van der Waals surface area contributed by atoms with Gasteiger partial charge in [-0.3, -0.25) is 4.98 Å². The van der Waals surface area contributed by atoms with Crippen molar-refractivity contribution in [2.45, 2.75) is 6.42 Å². The minimum absolute atomic E-state index is 0.709. The molecule has 90 valence electrons. The van der Waals surface area contributed by atoms with E-state index in [9.17, 15) is 0 Å². The third-order valence-electron chi connectivity index (χ3n) is 2.87. The largest absolute Gasteiger partial charge is 0.373 e. The molecule has 3 nitrogen and oxygen atoms in total. The van der Waals surface area contributed by atoms with E-state index in [0.29, 0.717) is 5.56 Å². The lowest BCUT2D eigenvalue weighted by molar-refractivity contribution is 0.851. The first kappa shape index (κ1) is 12.1. The average Bonchev–Trinajstić information content (AvgIpc) is 2.45. The Morgan fingerprint density at radius 1 is 1.17 bits per heavy atom. The number of nitriles is 1. The van der Waals surface area contributed by atoms with E-state index in [1.54, 1.807) is 6.20 Å². The zero-order valence-electron chi connectivity index (χ0n) is 10.4. The maximum Gasteiger partial charge on any atom is 0.101 e. The van der Waals surface area contributed by atoms with Gasteiger partial charge in [0, 0.05) is 31.9 Å². The van der Waals surface area contributed by atoms with E-state index in [4.69, 9.17) is 5.26 Å². The van der Waals surface area contributed by atoms with Crippen molar-refractivity contribution in [2.75, 3.05) is 18.5 Å². The summed E-state index contributed by atoms with van der Waals surface area (Å²) >= 11 is 0. The Kier molecular flexibility index (Phi) is 3.93. The Balaban J connectivity index is 2.04. The van der Waals surface area contributed by atoms with Crippen LogP contribution in [0.25, 0.3) is 0 Å². The number of hydrogen-bond donors (Lipinski definition) is 0. The van der Waals surface area contributed by atoms with Crippen LogP contribution in [0.5, 0.6) is 0 Å². The van der Waals surface area contributed by atoms with Crippen molar-refractivity contribution < 1.29 is 0 Å². The SMILES string of the molecule is CN(CCc1ccccn1)c1ccccc1C#N. The van der Waals surface area contributed by atoms with E-state index in [1.165, 1.54) is 0 Å². The zero-order valence-corrected chi connectivity index (χ0v) is 10.4. The first-order valence-electron chi connectivity index (χ1n) is 5.91. The number of nitrogens with zero attached hydrogens (tertiary/aromatic N) is 3. The Morgan fingerprint density at radius 3 is 2.67 bits per heavy atom. The summed E-state index contributed by atoms with van der Waals surface area (Å²) in [6, 6.07) is 15.8. The maximum atomic E-state index is 9.06. The molecule has 0 radical (unpaired) electrons. The van der Waals surface area contributed by atoms with E-state index in [-0.39, 0.29) is 0 Å². The Hall–Kier alpha value is -2.34. The second-order valence-corrected chi connectivity index (χ2v) is 4.12. The minimum Gasteiger partial charge on any atom is -0.373 e. The monoisotopic (exact) mass is 237 g/mol. The van der Waals surface area contributed by atoms with Crippen LogP contribution >= 0.6 is 0 Å². The van der Waals surface area contributed by atoms with Crippen LogP contribution in [-0.2, 0) is 6.42 Å². The molecule has 0 atom stereocenters. The van der Waals surface area contributed by atoms with Crippen molar-refractivity contribution >= 4 is 5.69 Å². The number of para-hydroxylation sites is 1. The molecule has 0 saturated carbocycles. The number of rotatable bonds is 4. The molecule has 0 amide bonds. The Labute approximate surface area is 107 Å². The highest BCUT2D eigenvalue weighted by atomic mass is 15.1. The number of hydrogen-bond acceptors (Lipinski definition) is 3. The summed E-state index contributed by atoms with van der Waals surface area (Å²) in [4.78, 5) is 6.39. The summed E-state index contributed by atoms with van der Waals surface area (Å²) in [7, 11) is 2.00. The van der Waals surface area contributed by atoms with Crippen LogP contribution < -0.4 is 4.90 Å². The van der Waals surface area contributed by atoms with Gasteiger partial charge in [-0.25, -0.2) is 0 Å². The van der Waals surface area contributed by atoms with Gasteiger partial charge in [-0.2, -0.15) is 5.26 Å². The van der Waals surface area contributed by atoms with Gasteiger partial charge in [0.1, 0.15) is 6.07 Å². The number of anilines is 1. The van der Waals surface area contributed by atoms with Crippen LogP contribution in [0, 0.1) is 11.3 Å². The lowest BCUT2D eigenvalue weighted by atomic mass is 10.1. The van der Waals surface area contributed by atoms with E-state index < -0.39 is 0 Å². The molecule has 0 aliphatic carbocycles. The van der Waals surface area contributed by atoms with Gasteiger partial charge in [0.05, 0.1) is 11.3 Å². The second kappa shape index (κ2) is 5.83. The van der Waals surface area contributed by atoms with E-state index >= 15 is 0 Å². The molecule has 0 aliphatic heterocycles. The van der Waals surface area contributed by atoms with Crippen LogP contribution in [0.4, 0.5) is 5.69 Å². The molecule has 0 spiro atoms. The van der Waals surface area contributed by atoms with Gasteiger partial charge < -0.3 is 4.90 Å². The number of aromatic nitrogens is 1. The second-order valence-electron chi connectivity index (χ2n) is 4.12. The van der Waals surface area contributed by atoms with E-state index in [1.807, 2.05) is 49.5 Å². The van der Waals surface area contributed by atoms with Gasteiger partial charge in [0.15, 0.2) is 0 Å². The third kappa shape index (κ3) is 2.86. The van der Waals surface area contributed by atoms with Gasteiger partial charge in [0.2, 0.25) is 0 Å². The fourth-order valence-corrected chi connectivity index (χ4v) is 1.85. The highest BCUT2D eigenvalue weighted by molar-refractivity contribution is 5.58. The molecule has 18 heavy (non-hydrogen) atoms. The fourth-order valence-electron chi connectivity index (χ4n) is 1.85. The molecule has 0 aliphatic rings. The molecule has 2 rings (SSSR count). The third-order valence-corrected chi connectivity index (χ3v) is 2.87. The molecular formula is C15H15N3. The molecule has 1 heterocycles. The zero-order chi connectivity index (χ0) is 12.8. The molecule has 0 N–H and O–H groups in total.